The summed E-state index contributed by atoms with van der Waals surface area (Å²) < 4.78 is 0. The van der Waals surface area contributed by atoms with E-state index in [9.17, 15) is 0 Å². The van der Waals surface area contributed by atoms with Gasteiger partial charge in [-0.15, -0.1) is 0 Å². The molecular weight excluding hydrogens is 242 g/mol. The molecule has 0 fully saturated rings. The van der Waals surface area contributed by atoms with Crippen LogP contribution in [-0.2, 0) is 21.7 Å². The van der Waals surface area contributed by atoms with Crippen molar-refractivity contribution in [3.8, 4) is 0 Å². The second-order valence-electron chi connectivity index (χ2n) is 5.77. The first-order valence-corrected chi connectivity index (χ1v) is 5.80. The molecule has 1 aliphatic rings. The molecule has 0 heterocycles. The van der Waals surface area contributed by atoms with Crippen molar-refractivity contribution in [3.05, 3.63) is 29.8 Å². The average Bonchev–Trinajstić information content (AvgIpc) is 2.29. The quantitative estimate of drug-likeness (QED) is 0.503. The van der Waals surface area contributed by atoms with E-state index < -0.39 is 0 Å². The number of hydrogen-bond acceptors (Lipinski definition) is 1. The minimum Gasteiger partial charge on any atom is -0.372 e. The van der Waals surface area contributed by atoms with Crippen molar-refractivity contribution < 1.29 is 21.7 Å². The molecule has 1 unspecified atom stereocenters. The Balaban J connectivity index is 0. The Labute approximate surface area is 123 Å². The largest absolute Gasteiger partial charge is 0.372 e. The van der Waals surface area contributed by atoms with Crippen molar-refractivity contribution in [2.45, 2.75) is 54.0 Å². The summed E-state index contributed by atoms with van der Waals surface area (Å²) in [5, 5.41) is 0. The summed E-state index contributed by atoms with van der Waals surface area (Å²) in [6.45, 7) is 15.9. The van der Waals surface area contributed by atoms with Gasteiger partial charge in [-0.2, -0.15) is 0 Å². The zero-order chi connectivity index (χ0) is 12.0. The third-order valence-electron chi connectivity index (χ3n) is 3.97. The van der Waals surface area contributed by atoms with Crippen LogP contribution < -0.4 is 0 Å². The van der Waals surface area contributed by atoms with Crippen LogP contribution in [0.4, 0.5) is 0 Å². The number of nitrogens with zero attached hydrogens (tertiary/aromatic N) is 1. The summed E-state index contributed by atoms with van der Waals surface area (Å²) in [5.74, 6) is 0.578. The Hall–Kier alpha value is -0.00571. The van der Waals surface area contributed by atoms with Crippen LogP contribution in [0.25, 0.3) is 0 Å². The van der Waals surface area contributed by atoms with Gasteiger partial charge in [-0.1, -0.05) is 12.5 Å². The van der Waals surface area contributed by atoms with Gasteiger partial charge in [0.05, 0.1) is 0 Å². The van der Waals surface area contributed by atoms with E-state index in [1.807, 2.05) is 0 Å². The molecule has 1 rings (SSSR count). The third kappa shape index (κ3) is 3.48. The van der Waals surface area contributed by atoms with E-state index in [1.165, 1.54) is 22.4 Å². The molecule has 0 spiro atoms. The first-order valence-electron chi connectivity index (χ1n) is 5.80. The van der Waals surface area contributed by atoms with E-state index >= 15 is 0 Å². The molecule has 98 valence electrons. The third-order valence-corrected chi connectivity index (χ3v) is 3.97. The molecule has 0 saturated heterocycles. The maximum absolute atomic E-state index is 2.42. The van der Waals surface area contributed by atoms with Crippen LogP contribution in [0.2, 0.25) is 0 Å². The van der Waals surface area contributed by atoms with Crippen LogP contribution >= 0.6 is 0 Å². The van der Waals surface area contributed by atoms with Gasteiger partial charge in [0.2, 0.25) is 0 Å². The topological polar surface area (TPSA) is 3.24 Å². The monoisotopic (exact) mass is 270 g/mol. The zero-order valence-corrected chi connectivity index (χ0v) is 14.6. The van der Waals surface area contributed by atoms with Gasteiger partial charge in [0.25, 0.3) is 0 Å². The van der Waals surface area contributed by atoms with Crippen molar-refractivity contribution in [1.82, 2.24) is 4.90 Å². The van der Waals surface area contributed by atoms with Crippen LogP contribution in [0, 0.1) is 13.3 Å². The smallest absolute Gasteiger partial charge is 0.0312 e. The van der Waals surface area contributed by atoms with Gasteiger partial charge in [0.15, 0.2) is 0 Å². The van der Waals surface area contributed by atoms with Gasteiger partial charge in [-0.05, 0) is 52.7 Å². The fourth-order valence-corrected chi connectivity index (χ4v) is 2.25. The van der Waals surface area contributed by atoms with Crippen molar-refractivity contribution >= 4 is 0 Å². The summed E-state index contributed by atoms with van der Waals surface area (Å²) in [5.41, 5.74) is 6.18. The fourth-order valence-electron chi connectivity index (χ4n) is 2.25. The predicted molar refractivity (Wildman–Crippen MR) is 74.2 cm³/mol. The Morgan fingerprint density at radius 1 is 1.00 bits per heavy atom. The van der Waals surface area contributed by atoms with Crippen LogP contribution in [0.5, 0.6) is 0 Å². The molecule has 1 aliphatic carbocycles. The van der Waals surface area contributed by atoms with Crippen LogP contribution in [0.1, 0.15) is 48.5 Å². The molecule has 0 radical (unpaired) electrons. The van der Waals surface area contributed by atoms with Crippen LogP contribution in [-0.4, -0.2) is 17.5 Å². The maximum atomic E-state index is 2.42. The van der Waals surface area contributed by atoms with Gasteiger partial charge in [-0.3, -0.25) is 0 Å². The van der Waals surface area contributed by atoms with E-state index in [4.69, 9.17) is 0 Å². The second kappa shape index (κ2) is 6.25. The molecular formula is C15H28NTi-. The summed E-state index contributed by atoms with van der Waals surface area (Å²) in [7, 11) is 2.21. The van der Waals surface area contributed by atoms with Crippen molar-refractivity contribution in [2.24, 2.45) is 5.92 Å². The molecule has 0 N–H and O–H groups in total. The molecule has 1 nitrogen and oxygen atoms in total. The van der Waals surface area contributed by atoms with E-state index in [-0.39, 0.29) is 34.7 Å². The normalized spacial score (nSPS) is 20.1. The standard InChI is InChI=1S/C14H25N.CH3.Ti/c1-9-10(2)12(4)13(11(9)3)15(8)14(5,6)7;;/h11H,1-8H3;1H3;/q;-1;. The summed E-state index contributed by atoms with van der Waals surface area (Å²) >= 11 is 0. The minimum atomic E-state index is 0. The second-order valence-corrected chi connectivity index (χ2v) is 5.77. The summed E-state index contributed by atoms with van der Waals surface area (Å²) in [6.07, 6.45) is 0. The molecule has 0 bridgehead atoms. The molecule has 17 heavy (non-hydrogen) atoms. The van der Waals surface area contributed by atoms with Crippen LogP contribution in [0.3, 0.4) is 0 Å². The minimum absolute atomic E-state index is 0. The fraction of sp³-hybridized carbons (Fsp3) is 0.667. The summed E-state index contributed by atoms with van der Waals surface area (Å²) in [6, 6.07) is 0. The molecule has 0 aromatic rings. The van der Waals surface area contributed by atoms with Gasteiger partial charge in [0.1, 0.15) is 0 Å². The van der Waals surface area contributed by atoms with E-state index in [0.717, 1.165) is 0 Å². The van der Waals surface area contributed by atoms with Gasteiger partial charge < -0.3 is 12.3 Å². The van der Waals surface area contributed by atoms with Gasteiger partial charge in [-0.25, -0.2) is 0 Å². The van der Waals surface area contributed by atoms with E-state index in [1.54, 1.807) is 0 Å². The van der Waals surface area contributed by atoms with Crippen molar-refractivity contribution in [2.75, 3.05) is 7.05 Å². The van der Waals surface area contributed by atoms with E-state index in [0.29, 0.717) is 5.92 Å². The van der Waals surface area contributed by atoms with Crippen molar-refractivity contribution in [3.63, 3.8) is 0 Å². The van der Waals surface area contributed by atoms with Gasteiger partial charge >= 0.3 is 0 Å². The average molecular weight is 270 g/mol. The predicted octanol–water partition coefficient (Wildman–Crippen LogP) is 4.42. The number of allylic oxidation sites excluding steroid dienone is 3. The molecule has 2 heteroatoms. The molecule has 0 aliphatic heterocycles. The first kappa shape index (κ1) is 19.3. The molecule has 0 aromatic heterocycles. The molecule has 1 atom stereocenters. The Kier molecular flexibility index (Phi) is 7.10. The Morgan fingerprint density at radius 3 is 1.65 bits per heavy atom. The van der Waals surface area contributed by atoms with Gasteiger partial charge in [0, 0.05) is 45.9 Å². The Bertz CT molecular complexity index is 331. The van der Waals surface area contributed by atoms with E-state index in [2.05, 4.69) is 60.4 Å². The molecule has 0 saturated carbocycles. The maximum Gasteiger partial charge on any atom is 0.0312 e. The number of rotatable bonds is 1. The first-order chi connectivity index (χ1) is 6.68. The molecule has 0 aromatic carbocycles. The SMILES string of the molecule is CC1=C(C)C(C)C(N(C)C(C)(C)C)=C1C.[CH3-].[Ti]. The van der Waals surface area contributed by atoms with Crippen LogP contribution in [0.15, 0.2) is 22.4 Å². The zero-order valence-electron chi connectivity index (χ0n) is 13.0. The Morgan fingerprint density at radius 2 is 1.41 bits per heavy atom. The molecule has 0 amide bonds. The summed E-state index contributed by atoms with van der Waals surface area (Å²) in [4.78, 5) is 2.42. The van der Waals surface area contributed by atoms with Crippen molar-refractivity contribution in [1.29, 1.82) is 0 Å². The number of hydrogen-bond donors (Lipinski definition) is 0.